The van der Waals surface area contributed by atoms with Gasteiger partial charge in [-0.1, -0.05) is 32.0 Å². The summed E-state index contributed by atoms with van der Waals surface area (Å²) in [6.07, 6.45) is 1.57. The van der Waals surface area contributed by atoms with Crippen LogP contribution in [-0.4, -0.2) is 41.0 Å². The highest BCUT2D eigenvalue weighted by Gasteiger charge is 2.41. The molecule has 3 aromatic rings. The highest BCUT2D eigenvalue weighted by atomic mass is 19.1. The predicted molar refractivity (Wildman–Crippen MR) is 152 cm³/mol. The summed E-state index contributed by atoms with van der Waals surface area (Å²) >= 11 is 0. The molecule has 210 valence electrons. The van der Waals surface area contributed by atoms with Crippen LogP contribution in [-0.2, 0) is 26.3 Å². The van der Waals surface area contributed by atoms with E-state index in [-0.39, 0.29) is 5.82 Å². The van der Waals surface area contributed by atoms with Crippen LogP contribution in [0.4, 0.5) is 21.6 Å². The van der Waals surface area contributed by atoms with Gasteiger partial charge in [0, 0.05) is 36.1 Å². The van der Waals surface area contributed by atoms with E-state index in [2.05, 4.69) is 15.6 Å². The lowest BCUT2D eigenvalue weighted by Crippen LogP contribution is -2.50. The molecule has 10 heteroatoms. The molecule has 1 aromatic heterocycles. The van der Waals surface area contributed by atoms with Crippen molar-refractivity contribution in [3.05, 3.63) is 83.3 Å². The molecule has 0 saturated heterocycles. The van der Waals surface area contributed by atoms with Crippen LogP contribution in [0.1, 0.15) is 56.1 Å². The molecule has 1 atom stereocenters. The van der Waals surface area contributed by atoms with Gasteiger partial charge in [-0.3, -0.25) is 9.59 Å². The third kappa shape index (κ3) is 6.45. The van der Waals surface area contributed by atoms with Gasteiger partial charge in [0.05, 0.1) is 5.56 Å². The summed E-state index contributed by atoms with van der Waals surface area (Å²) in [4.78, 5) is 44.8. The van der Waals surface area contributed by atoms with Crippen molar-refractivity contribution in [2.45, 2.75) is 58.2 Å². The molecule has 1 unspecified atom stereocenters. The molecule has 0 fully saturated rings. The molecule has 0 bridgehead atoms. The zero-order valence-corrected chi connectivity index (χ0v) is 23.2. The molecule has 4 N–H and O–H groups in total. The first-order chi connectivity index (χ1) is 18.7. The number of hydrogen-bond donors (Lipinski definition) is 3. The lowest BCUT2D eigenvalue weighted by Gasteiger charge is -2.26. The number of ether oxygens (including phenoxy) is 1. The maximum atomic E-state index is 13.3. The Kier molecular flexibility index (Phi) is 7.93. The van der Waals surface area contributed by atoms with E-state index in [0.717, 1.165) is 11.1 Å². The molecular formula is C30H34FN5O4. The highest BCUT2D eigenvalue weighted by Crippen LogP contribution is 2.42. The number of fused-ring (bicyclic) bond motifs is 1. The van der Waals surface area contributed by atoms with Crippen molar-refractivity contribution in [3.63, 3.8) is 0 Å². The van der Waals surface area contributed by atoms with E-state index in [9.17, 15) is 18.8 Å². The quantitative estimate of drug-likeness (QED) is 0.296. The fourth-order valence-corrected chi connectivity index (χ4v) is 4.52. The van der Waals surface area contributed by atoms with E-state index in [1.807, 2.05) is 19.9 Å². The first-order valence-electron chi connectivity index (χ1n) is 12.9. The lowest BCUT2D eigenvalue weighted by atomic mass is 9.87. The number of nitrogens with one attached hydrogen (secondary N) is 2. The number of benzene rings is 2. The van der Waals surface area contributed by atoms with Crippen molar-refractivity contribution >= 4 is 35.0 Å². The van der Waals surface area contributed by atoms with Gasteiger partial charge in [0.25, 0.3) is 11.8 Å². The van der Waals surface area contributed by atoms with Crippen molar-refractivity contribution < 1.29 is 23.5 Å². The van der Waals surface area contributed by atoms with Gasteiger partial charge in [-0.2, -0.15) is 0 Å². The molecule has 0 aliphatic carbocycles. The molecule has 0 saturated carbocycles. The number of hydrogen-bond acceptors (Lipinski definition) is 7. The van der Waals surface area contributed by atoms with Crippen molar-refractivity contribution in [2.24, 2.45) is 5.73 Å². The number of anilines is 3. The summed E-state index contributed by atoms with van der Waals surface area (Å²) in [6, 6.07) is 13.2. The second-order valence-electron chi connectivity index (χ2n) is 11.4. The topological polar surface area (TPSA) is 127 Å². The summed E-state index contributed by atoms with van der Waals surface area (Å²) in [6.45, 7) is 9.76. The molecule has 1 aliphatic heterocycles. The molecule has 4 rings (SSSR count). The molecular weight excluding hydrogens is 513 g/mol. The minimum atomic E-state index is -1.48. The minimum absolute atomic E-state index is 0.310. The maximum absolute atomic E-state index is 13.3. The van der Waals surface area contributed by atoms with Gasteiger partial charge in [0.2, 0.25) is 0 Å². The smallest absolute Gasteiger partial charge is 0.333 e. The summed E-state index contributed by atoms with van der Waals surface area (Å²) in [5.74, 6) is -1.75. The molecule has 2 aromatic carbocycles. The maximum Gasteiger partial charge on any atom is 0.333 e. The van der Waals surface area contributed by atoms with Crippen LogP contribution < -0.4 is 21.3 Å². The van der Waals surface area contributed by atoms with E-state index in [4.69, 9.17) is 10.5 Å². The van der Waals surface area contributed by atoms with Gasteiger partial charge in [-0.15, -0.1) is 0 Å². The van der Waals surface area contributed by atoms with E-state index in [0.29, 0.717) is 35.8 Å². The average Bonchev–Trinajstić information content (AvgIpc) is 3.16. The standard InChI is InChI=1S/C30H34FN5O4/c1-29(2,3)40-28(39)24(32)27(38)36-17-30(4,5)22-13-12-20(15-23(22)36)35-26(37)21-7-6-14-33-25(21)34-16-18-8-10-19(31)11-9-18/h6-15,24H,16-17,32H2,1-5H3,(H,33,34)(H,35,37). The Hall–Kier alpha value is -4.31. The van der Waals surface area contributed by atoms with Crippen molar-refractivity contribution in [2.75, 3.05) is 22.1 Å². The number of rotatable bonds is 7. The van der Waals surface area contributed by atoms with E-state index in [1.54, 1.807) is 63.4 Å². The van der Waals surface area contributed by atoms with Crippen LogP contribution in [0.3, 0.4) is 0 Å². The molecule has 1 aliphatic rings. The van der Waals surface area contributed by atoms with Crippen LogP contribution in [0.2, 0.25) is 0 Å². The summed E-state index contributed by atoms with van der Waals surface area (Å²) in [5.41, 5.74) is 7.87. The van der Waals surface area contributed by atoms with Gasteiger partial charge in [0.1, 0.15) is 17.2 Å². The average molecular weight is 548 g/mol. The predicted octanol–water partition coefficient (Wildman–Crippen LogP) is 4.38. The van der Waals surface area contributed by atoms with Gasteiger partial charge < -0.3 is 26.0 Å². The van der Waals surface area contributed by atoms with Crippen LogP contribution in [0.25, 0.3) is 0 Å². The second-order valence-corrected chi connectivity index (χ2v) is 11.4. The third-order valence-electron chi connectivity index (χ3n) is 6.45. The number of nitrogens with zero attached hydrogens (tertiary/aromatic N) is 2. The number of nitrogens with two attached hydrogens (primary N) is 1. The minimum Gasteiger partial charge on any atom is -0.458 e. The summed E-state index contributed by atoms with van der Waals surface area (Å²) < 4.78 is 18.5. The zero-order valence-electron chi connectivity index (χ0n) is 23.2. The van der Waals surface area contributed by atoms with Gasteiger partial charge >= 0.3 is 5.97 Å². The molecule has 0 spiro atoms. The normalized spacial score (nSPS) is 14.7. The monoisotopic (exact) mass is 547 g/mol. The number of pyridine rings is 1. The molecule has 40 heavy (non-hydrogen) atoms. The Bertz CT molecular complexity index is 1430. The molecule has 2 heterocycles. The zero-order chi connectivity index (χ0) is 29.2. The number of aromatic nitrogens is 1. The molecule has 2 amide bonds. The van der Waals surface area contributed by atoms with Crippen LogP contribution in [0.15, 0.2) is 60.8 Å². The second kappa shape index (κ2) is 11.1. The lowest BCUT2D eigenvalue weighted by molar-refractivity contribution is -0.158. The first kappa shape index (κ1) is 28.7. The largest absolute Gasteiger partial charge is 0.458 e. The Morgan fingerprint density at radius 1 is 1.12 bits per heavy atom. The Morgan fingerprint density at radius 2 is 1.82 bits per heavy atom. The number of carbonyl (C=O) groups is 3. The molecule has 0 radical (unpaired) electrons. The summed E-state index contributed by atoms with van der Waals surface area (Å²) in [5, 5.41) is 6.00. The Labute approximate surface area is 232 Å². The van der Waals surface area contributed by atoms with E-state index in [1.165, 1.54) is 17.0 Å². The molecule has 9 nitrogen and oxygen atoms in total. The van der Waals surface area contributed by atoms with Gasteiger partial charge in [-0.05, 0) is 68.3 Å². The summed E-state index contributed by atoms with van der Waals surface area (Å²) in [7, 11) is 0. The number of amides is 2. The van der Waals surface area contributed by atoms with Gasteiger partial charge in [-0.25, -0.2) is 14.2 Å². The number of carbonyl (C=O) groups excluding carboxylic acids is 3. The third-order valence-corrected chi connectivity index (χ3v) is 6.45. The Morgan fingerprint density at radius 3 is 2.50 bits per heavy atom. The Balaban J connectivity index is 1.53. The van der Waals surface area contributed by atoms with Gasteiger partial charge in [0.15, 0.2) is 6.04 Å². The van der Waals surface area contributed by atoms with Crippen molar-refractivity contribution in [1.29, 1.82) is 0 Å². The van der Waals surface area contributed by atoms with Crippen LogP contribution >= 0.6 is 0 Å². The SMILES string of the molecule is CC(C)(C)OC(=O)C(N)C(=O)N1CC(C)(C)c2ccc(NC(=O)c3cccnc3NCc3ccc(F)cc3)cc21. The fourth-order valence-electron chi connectivity index (χ4n) is 4.52. The number of halogens is 1. The van der Waals surface area contributed by atoms with Crippen molar-refractivity contribution in [3.8, 4) is 0 Å². The van der Waals surface area contributed by atoms with E-state index >= 15 is 0 Å². The first-order valence-corrected chi connectivity index (χ1v) is 12.9. The van der Waals surface area contributed by atoms with Crippen molar-refractivity contribution in [1.82, 2.24) is 4.98 Å². The van der Waals surface area contributed by atoms with E-state index < -0.39 is 34.8 Å². The highest BCUT2D eigenvalue weighted by molar-refractivity contribution is 6.11. The van der Waals surface area contributed by atoms with Crippen LogP contribution in [0, 0.1) is 5.82 Å². The van der Waals surface area contributed by atoms with Crippen LogP contribution in [0.5, 0.6) is 0 Å². The number of esters is 1. The fraction of sp³-hybridized carbons (Fsp3) is 0.333.